The molecule has 1 atom stereocenters. The molecule has 0 aliphatic carbocycles. The number of rotatable bonds is 55. The molecule has 0 saturated carbocycles. The van der Waals surface area contributed by atoms with Crippen molar-refractivity contribution >= 4 is 17.9 Å². The maximum Gasteiger partial charge on any atom is 0.306 e. The zero-order valence-electron chi connectivity index (χ0n) is 47.4. The van der Waals surface area contributed by atoms with E-state index in [4.69, 9.17) is 14.2 Å². The van der Waals surface area contributed by atoms with E-state index < -0.39 is 6.10 Å². The van der Waals surface area contributed by atoms with Crippen LogP contribution in [0.25, 0.3) is 0 Å². The molecular weight excluding hydrogens is 889 g/mol. The lowest BCUT2D eigenvalue weighted by atomic mass is 10.1. The molecule has 1 unspecified atom stereocenters. The van der Waals surface area contributed by atoms with E-state index in [0.29, 0.717) is 19.3 Å². The van der Waals surface area contributed by atoms with Crippen LogP contribution in [0, 0.1) is 0 Å². The van der Waals surface area contributed by atoms with Crippen LogP contribution in [0.5, 0.6) is 0 Å². The Bertz CT molecular complexity index is 1380. The van der Waals surface area contributed by atoms with Gasteiger partial charge in [0, 0.05) is 19.3 Å². The van der Waals surface area contributed by atoms with E-state index in [1.165, 1.54) is 141 Å². The quantitative estimate of drug-likeness (QED) is 0.0199. The van der Waals surface area contributed by atoms with Gasteiger partial charge in [-0.1, -0.05) is 254 Å². The fraction of sp³-hybridized carbons (Fsp3) is 0.742. The van der Waals surface area contributed by atoms with Crippen molar-refractivity contribution in [3.05, 3.63) is 85.1 Å². The average Bonchev–Trinajstić information content (AvgIpc) is 3.38. The van der Waals surface area contributed by atoms with Gasteiger partial charge in [-0.05, 0) is 109 Å². The van der Waals surface area contributed by atoms with Crippen LogP contribution in [0.3, 0.4) is 0 Å². The van der Waals surface area contributed by atoms with Crippen molar-refractivity contribution in [3.63, 3.8) is 0 Å². The Balaban J connectivity index is 4.44. The second kappa shape index (κ2) is 60.1. The summed E-state index contributed by atoms with van der Waals surface area (Å²) in [6, 6.07) is 0. The largest absolute Gasteiger partial charge is 0.462 e. The van der Waals surface area contributed by atoms with E-state index in [0.717, 1.165) is 116 Å². The van der Waals surface area contributed by atoms with Gasteiger partial charge in [0.25, 0.3) is 0 Å². The molecule has 0 radical (unpaired) electrons. The predicted molar refractivity (Wildman–Crippen MR) is 311 cm³/mol. The average molecular weight is 1000 g/mol. The van der Waals surface area contributed by atoms with Crippen molar-refractivity contribution in [1.82, 2.24) is 0 Å². The lowest BCUT2D eigenvalue weighted by Gasteiger charge is -2.18. The van der Waals surface area contributed by atoms with Crippen molar-refractivity contribution < 1.29 is 28.6 Å². The van der Waals surface area contributed by atoms with Crippen LogP contribution in [-0.4, -0.2) is 37.2 Å². The monoisotopic (exact) mass is 1000 g/mol. The van der Waals surface area contributed by atoms with Crippen LogP contribution in [0.4, 0.5) is 0 Å². The van der Waals surface area contributed by atoms with Crippen LogP contribution in [0.2, 0.25) is 0 Å². The number of unbranched alkanes of at least 4 members (excludes halogenated alkanes) is 31. The highest BCUT2D eigenvalue weighted by molar-refractivity contribution is 5.71. The Labute approximate surface area is 445 Å². The highest BCUT2D eigenvalue weighted by Gasteiger charge is 2.19. The molecule has 0 bridgehead atoms. The summed E-state index contributed by atoms with van der Waals surface area (Å²) >= 11 is 0. The third-order valence-electron chi connectivity index (χ3n) is 13.1. The van der Waals surface area contributed by atoms with Crippen LogP contribution in [0.1, 0.15) is 297 Å². The summed E-state index contributed by atoms with van der Waals surface area (Å²) in [6.07, 6.45) is 78.6. The van der Waals surface area contributed by atoms with Crippen molar-refractivity contribution in [2.24, 2.45) is 0 Å². The van der Waals surface area contributed by atoms with Crippen LogP contribution in [0.15, 0.2) is 85.1 Å². The molecule has 0 amide bonds. The van der Waals surface area contributed by atoms with E-state index >= 15 is 0 Å². The van der Waals surface area contributed by atoms with E-state index in [2.05, 4.69) is 106 Å². The molecule has 0 aromatic rings. The number of esters is 3. The lowest BCUT2D eigenvalue weighted by Crippen LogP contribution is -2.30. The fourth-order valence-corrected chi connectivity index (χ4v) is 8.54. The molecule has 414 valence electrons. The summed E-state index contributed by atoms with van der Waals surface area (Å²) in [5.41, 5.74) is 0. The summed E-state index contributed by atoms with van der Waals surface area (Å²) in [7, 11) is 0. The molecule has 0 N–H and O–H groups in total. The van der Waals surface area contributed by atoms with Gasteiger partial charge >= 0.3 is 17.9 Å². The van der Waals surface area contributed by atoms with Gasteiger partial charge < -0.3 is 14.2 Å². The lowest BCUT2D eigenvalue weighted by molar-refractivity contribution is -0.167. The Hall–Kier alpha value is -3.41. The molecule has 0 spiro atoms. The molecule has 6 nitrogen and oxygen atoms in total. The maximum atomic E-state index is 12.9. The first kappa shape index (κ1) is 68.6. The summed E-state index contributed by atoms with van der Waals surface area (Å²) in [5, 5.41) is 0. The highest BCUT2D eigenvalue weighted by Crippen LogP contribution is 2.15. The maximum absolute atomic E-state index is 12.9. The minimum atomic E-state index is -0.794. The third kappa shape index (κ3) is 57.5. The van der Waals surface area contributed by atoms with E-state index in [9.17, 15) is 14.4 Å². The molecule has 0 fully saturated rings. The van der Waals surface area contributed by atoms with Gasteiger partial charge in [0.1, 0.15) is 13.2 Å². The SMILES string of the molecule is CC/C=C\C/C=C\C/C=C\C/C=C\CCCCCCCCC(=O)OCC(COC(=O)CCCCCCCCC/C=C\CCCCCCCC)OC(=O)CCCCCCC/C=C\C=C/CCCCCCCCC. The first-order valence-corrected chi connectivity index (χ1v) is 30.6. The fourth-order valence-electron chi connectivity index (χ4n) is 8.54. The van der Waals surface area contributed by atoms with E-state index in [1.807, 2.05) is 0 Å². The molecule has 0 aliphatic heterocycles. The number of allylic oxidation sites excluding steroid dienone is 14. The van der Waals surface area contributed by atoms with Gasteiger partial charge in [0.05, 0.1) is 0 Å². The normalized spacial score (nSPS) is 12.7. The smallest absolute Gasteiger partial charge is 0.306 e. The molecule has 0 rings (SSSR count). The van der Waals surface area contributed by atoms with Gasteiger partial charge in [0.15, 0.2) is 6.10 Å². The van der Waals surface area contributed by atoms with Gasteiger partial charge in [-0.25, -0.2) is 0 Å². The minimum absolute atomic E-state index is 0.0893. The Morgan fingerprint density at radius 2 is 0.583 bits per heavy atom. The number of hydrogen-bond acceptors (Lipinski definition) is 6. The van der Waals surface area contributed by atoms with Gasteiger partial charge in [-0.2, -0.15) is 0 Å². The van der Waals surface area contributed by atoms with Gasteiger partial charge in [-0.3, -0.25) is 14.4 Å². The Kier molecular flexibility index (Phi) is 57.3. The first-order valence-electron chi connectivity index (χ1n) is 30.6. The van der Waals surface area contributed by atoms with Crippen molar-refractivity contribution in [3.8, 4) is 0 Å². The minimum Gasteiger partial charge on any atom is -0.462 e. The Morgan fingerprint density at radius 1 is 0.306 bits per heavy atom. The van der Waals surface area contributed by atoms with Crippen molar-refractivity contribution in [2.45, 2.75) is 303 Å². The molecule has 0 aromatic heterocycles. The van der Waals surface area contributed by atoms with Crippen LogP contribution < -0.4 is 0 Å². The standard InChI is InChI=1S/C66H114O6/c1-4-7-10-13-16-19-22-25-28-31-33-36-38-41-44-47-50-53-56-59-65(68)71-62-63(61-70-64(67)58-55-52-49-46-43-40-37-34-30-27-24-21-18-15-12-9-6-3)72-66(69)60-57-54-51-48-45-42-39-35-32-29-26-23-20-17-14-11-8-5-2/h7,10,16,19,25,27-30,32-33,35-36,39,63H,4-6,8-9,11-15,17-18,20-24,26,31,34,37-38,40-62H2,1-3H3/b10-7-,19-16-,28-25-,30-27-,32-29-,36-33-,39-35-. The van der Waals surface area contributed by atoms with Crippen molar-refractivity contribution in [2.75, 3.05) is 13.2 Å². The summed E-state index contributed by atoms with van der Waals surface area (Å²) in [6.45, 7) is 6.51. The molecule has 6 heteroatoms. The molecule has 0 aromatic carbocycles. The third-order valence-corrected chi connectivity index (χ3v) is 13.1. The first-order chi connectivity index (χ1) is 35.5. The molecule has 0 aliphatic rings. The number of ether oxygens (including phenoxy) is 3. The zero-order chi connectivity index (χ0) is 52.2. The summed E-state index contributed by atoms with van der Waals surface area (Å²) < 4.78 is 16.9. The second-order valence-corrected chi connectivity index (χ2v) is 20.3. The van der Waals surface area contributed by atoms with E-state index in [1.54, 1.807) is 0 Å². The highest BCUT2D eigenvalue weighted by atomic mass is 16.6. The predicted octanol–water partition coefficient (Wildman–Crippen LogP) is 20.7. The van der Waals surface area contributed by atoms with Gasteiger partial charge in [0.2, 0.25) is 0 Å². The van der Waals surface area contributed by atoms with Crippen LogP contribution in [-0.2, 0) is 28.6 Å². The van der Waals surface area contributed by atoms with Crippen molar-refractivity contribution in [1.29, 1.82) is 0 Å². The number of hydrogen-bond donors (Lipinski definition) is 0. The van der Waals surface area contributed by atoms with E-state index in [-0.39, 0.29) is 31.1 Å². The molecular formula is C66H114O6. The molecule has 0 saturated heterocycles. The Morgan fingerprint density at radius 3 is 0.944 bits per heavy atom. The second-order valence-electron chi connectivity index (χ2n) is 20.3. The van der Waals surface area contributed by atoms with Gasteiger partial charge in [-0.15, -0.1) is 0 Å². The molecule has 0 heterocycles. The number of carbonyl (C=O) groups is 3. The van der Waals surface area contributed by atoms with Crippen LogP contribution >= 0.6 is 0 Å². The zero-order valence-corrected chi connectivity index (χ0v) is 47.4. The summed E-state index contributed by atoms with van der Waals surface area (Å²) in [5.74, 6) is -0.913. The summed E-state index contributed by atoms with van der Waals surface area (Å²) in [4.78, 5) is 38.3. The molecule has 72 heavy (non-hydrogen) atoms. The topological polar surface area (TPSA) is 78.9 Å². The number of carbonyl (C=O) groups excluding carboxylic acids is 3.